The fourth-order valence-electron chi connectivity index (χ4n) is 4.76. The van der Waals surface area contributed by atoms with Gasteiger partial charge in [0.15, 0.2) is 0 Å². The van der Waals surface area contributed by atoms with E-state index in [1.807, 2.05) is 13.8 Å². The van der Waals surface area contributed by atoms with Gasteiger partial charge in [-0.15, -0.1) is 0 Å². The number of nitrogens with two attached hydrogens (primary N) is 2. The van der Waals surface area contributed by atoms with Crippen LogP contribution in [-0.4, -0.2) is 119 Å². The fraction of sp³-hybridized carbons (Fsp3) is 0.727. The van der Waals surface area contributed by atoms with Gasteiger partial charge >= 0.3 is 11.9 Å². The molecule has 20 heteroatoms. The monoisotopic (exact) mass is 757 g/mol. The first-order chi connectivity index (χ1) is 24.7. The lowest BCUT2D eigenvalue weighted by Crippen LogP contribution is -2.57. The molecule has 0 bridgehead atoms. The van der Waals surface area contributed by atoms with Gasteiger partial charge < -0.3 is 58.9 Å². The minimum absolute atomic E-state index is 0.104. The molecule has 0 fully saturated rings. The van der Waals surface area contributed by atoms with Crippen LogP contribution in [0.15, 0.2) is 0 Å². The van der Waals surface area contributed by atoms with Crippen molar-refractivity contribution in [1.29, 1.82) is 0 Å². The van der Waals surface area contributed by atoms with Gasteiger partial charge in [-0.2, -0.15) is 0 Å². The second kappa shape index (κ2) is 25.2. The van der Waals surface area contributed by atoms with Crippen LogP contribution in [0.4, 0.5) is 0 Å². The molecule has 7 amide bonds. The van der Waals surface area contributed by atoms with Crippen LogP contribution in [0.2, 0.25) is 0 Å². The summed E-state index contributed by atoms with van der Waals surface area (Å²) in [4.78, 5) is 111. The summed E-state index contributed by atoms with van der Waals surface area (Å²) < 4.78 is 0. The summed E-state index contributed by atoms with van der Waals surface area (Å²) >= 11 is 0. The Bertz CT molecular complexity index is 1280. The number of carboxylic acids is 2. The smallest absolute Gasteiger partial charge is 0.326 e. The molecular weight excluding hydrogens is 698 g/mol. The number of unbranched alkanes of at least 4 members (excludes halogenated alkanes) is 1. The number of aliphatic carboxylic acids is 2. The third kappa shape index (κ3) is 21.3. The lowest BCUT2D eigenvalue weighted by Gasteiger charge is -2.23. The van der Waals surface area contributed by atoms with Crippen molar-refractivity contribution in [1.82, 2.24) is 37.2 Å². The molecule has 0 rings (SSSR count). The predicted molar refractivity (Wildman–Crippen MR) is 191 cm³/mol. The predicted octanol–water partition coefficient (Wildman–Crippen LogP) is -2.82. The summed E-state index contributed by atoms with van der Waals surface area (Å²) in [5, 5.41) is 34.9. The second-order valence-corrected chi connectivity index (χ2v) is 13.6. The number of carbonyl (C=O) groups is 9. The third-order valence-electron chi connectivity index (χ3n) is 7.63. The van der Waals surface area contributed by atoms with Gasteiger partial charge in [0.25, 0.3) is 0 Å². The molecule has 302 valence electrons. The van der Waals surface area contributed by atoms with Crippen LogP contribution in [0.5, 0.6) is 0 Å². The molecule has 0 saturated carbocycles. The maximum absolute atomic E-state index is 13.1. The van der Waals surface area contributed by atoms with Crippen molar-refractivity contribution in [3.8, 4) is 0 Å². The molecule has 0 aromatic rings. The van der Waals surface area contributed by atoms with Crippen molar-refractivity contribution in [3.63, 3.8) is 0 Å². The zero-order valence-electron chi connectivity index (χ0n) is 31.4. The van der Waals surface area contributed by atoms with E-state index in [2.05, 4.69) is 37.2 Å². The van der Waals surface area contributed by atoms with E-state index in [0.29, 0.717) is 25.8 Å². The Morgan fingerprint density at radius 3 is 1.49 bits per heavy atom. The molecule has 0 aliphatic heterocycles. The van der Waals surface area contributed by atoms with Gasteiger partial charge in [0.05, 0.1) is 19.1 Å². The van der Waals surface area contributed by atoms with Crippen molar-refractivity contribution in [3.05, 3.63) is 0 Å². The summed E-state index contributed by atoms with van der Waals surface area (Å²) in [5.74, 6) is -7.65. The van der Waals surface area contributed by atoms with Crippen molar-refractivity contribution in [2.45, 2.75) is 123 Å². The molecule has 0 spiro atoms. The highest BCUT2D eigenvalue weighted by atomic mass is 16.4. The van der Waals surface area contributed by atoms with Crippen LogP contribution in [-0.2, 0) is 43.2 Å². The van der Waals surface area contributed by atoms with E-state index in [1.54, 1.807) is 13.8 Å². The summed E-state index contributed by atoms with van der Waals surface area (Å²) in [6.45, 7) is 9.27. The van der Waals surface area contributed by atoms with Crippen molar-refractivity contribution in [2.24, 2.45) is 23.3 Å². The molecule has 6 atom stereocenters. The topological polar surface area (TPSA) is 330 Å². The van der Waals surface area contributed by atoms with Gasteiger partial charge in [0, 0.05) is 6.42 Å². The number of rotatable bonds is 26. The van der Waals surface area contributed by atoms with E-state index < -0.39 is 109 Å². The number of carbonyl (C=O) groups excluding carboxylic acids is 7. The maximum Gasteiger partial charge on any atom is 0.326 e. The summed E-state index contributed by atoms with van der Waals surface area (Å²) in [6, 6.07) is -6.67. The van der Waals surface area contributed by atoms with Gasteiger partial charge in [-0.25, -0.2) is 4.79 Å². The molecular formula is C33H59N9O11. The number of nitrogens with one attached hydrogen (secondary N) is 7. The molecule has 0 radical (unpaired) electrons. The Hall–Kier alpha value is -4.85. The first kappa shape index (κ1) is 48.1. The molecule has 0 unspecified atom stereocenters. The normalized spacial score (nSPS) is 14.4. The molecule has 13 N–H and O–H groups in total. The summed E-state index contributed by atoms with van der Waals surface area (Å²) in [6.07, 6.45) is 0.806. The van der Waals surface area contributed by atoms with Crippen LogP contribution >= 0.6 is 0 Å². The quantitative estimate of drug-likeness (QED) is 0.0397. The van der Waals surface area contributed by atoms with E-state index in [-0.39, 0.29) is 31.1 Å². The maximum atomic E-state index is 13.1. The Balaban J connectivity index is 5.31. The van der Waals surface area contributed by atoms with E-state index in [9.17, 15) is 48.3 Å². The highest BCUT2D eigenvalue weighted by Crippen LogP contribution is 2.06. The summed E-state index contributed by atoms with van der Waals surface area (Å²) in [7, 11) is 0. The minimum atomic E-state index is -1.49. The second-order valence-electron chi connectivity index (χ2n) is 13.6. The van der Waals surface area contributed by atoms with Crippen molar-refractivity contribution < 1.29 is 53.4 Å². The van der Waals surface area contributed by atoms with E-state index in [4.69, 9.17) is 16.6 Å². The molecule has 0 aromatic carbocycles. The number of hydrogen-bond acceptors (Lipinski definition) is 11. The van der Waals surface area contributed by atoms with Gasteiger partial charge in [-0.05, 0) is 70.8 Å². The highest BCUT2D eigenvalue weighted by Gasteiger charge is 2.28. The van der Waals surface area contributed by atoms with Gasteiger partial charge in [-0.1, -0.05) is 27.7 Å². The molecule has 53 heavy (non-hydrogen) atoms. The summed E-state index contributed by atoms with van der Waals surface area (Å²) in [5.41, 5.74) is 11.4. The molecule has 0 aromatic heterocycles. The van der Waals surface area contributed by atoms with E-state index in [1.165, 1.54) is 13.8 Å². The molecule has 0 saturated heterocycles. The Labute approximate surface area is 309 Å². The Morgan fingerprint density at radius 1 is 0.547 bits per heavy atom. The molecule has 0 aliphatic rings. The first-order valence-electron chi connectivity index (χ1n) is 17.6. The van der Waals surface area contributed by atoms with E-state index >= 15 is 0 Å². The Kier molecular flexibility index (Phi) is 22.9. The number of hydrogen-bond donors (Lipinski definition) is 11. The van der Waals surface area contributed by atoms with Crippen LogP contribution < -0.4 is 48.7 Å². The van der Waals surface area contributed by atoms with Crippen molar-refractivity contribution >= 4 is 53.3 Å². The standard InChI is InChI=1S/C33H59N9O11/c1-17(2)13-21(35)30(49)39-19(5)28(47)38-20(6)29(48)42-22(9-7-8-12-34)31(50)36-16-26(44)41-24(14-18(3)4)32(51)37-15-25(43)40-23(33(52)53)10-11-27(45)46/h17-24H,7-16,34-35H2,1-6H3,(H,36,50)(H,37,51)(H,38,47)(H,39,49)(H,40,43)(H,41,44)(H,42,48)(H,45,46)(H,52,53)/t19-,20-,21-,22-,23-,24-/m0/s1. The fourth-order valence-corrected chi connectivity index (χ4v) is 4.76. The zero-order chi connectivity index (χ0) is 40.8. The van der Waals surface area contributed by atoms with Crippen LogP contribution in [0.1, 0.15) is 86.5 Å². The first-order valence-corrected chi connectivity index (χ1v) is 17.6. The molecule has 0 heterocycles. The number of carboxylic acid groups (broad SMARTS) is 2. The molecule has 0 aliphatic carbocycles. The lowest BCUT2D eigenvalue weighted by atomic mass is 10.0. The van der Waals surface area contributed by atoms with Crippen LogP contribution in [0.25, 0.3) is 0 Å². The largest absolute Gasteiger partial charge is 0.481 e. The zero-order valence-corrected chi connectivity index (χ0v) is 31.4. The SMILES string of the molecule is CC(C)C[C@H](NC(=O)CNC(=O)[C@H](CCCCN)NC(=O)[C@H](C)NC(=O)[C@H](C)NC(=O)[C@@H](N)CC(C)C)C(=O)NCC(=O)N[C@@H](CCC(=O)O)C(=O)O. The van der Waals surface area contributed by atoms with Crippen molar-refractivity contribution in [2.75, 3.05) is 19.6 Å². The average molecular weight is 758 g/mol. The number of amides is 7. The van der Waals surface area contributed by atoms with Gasteiger partial charge in [-0.3, -0.25) is 38.4 Å². The minimum Gasteiger partial charge on any atom is -0.481 e. The van der Waals surface area contributed by atoms with Gasteiger partial charge in [0.2, 0.25) is 41.4 Å². The highest BCUT2D eigenvalue weighted by molar-refractivity contribution is 5.96. The van der Waals surface area contributed by atoms with Crippen LogP contribution in [0.3, 0.4) is 0 Å². The van der Waals surface area contributed by atoms with Gasteiger partial charge in [0.1, 0.15) is 30.2 Å². The van der Waals surface area contributed by atoms with E-state index in [0.717, 1.165) is 0 Å². The van der Waals surface area contributed by atoms with Crippen LogP contribution in [0, 0.1) is 11.8 Å². The average Bonchev–Trinajstić information content (AvgIpc) is 3.06. The molecule has 20 nitrogen and oxygen atoms in total. The lowest BCUT2D eigenvalue weighted by molar-refractivity contribution is -0.143. The Morgan fingerprint density at radius 2 is 1.02 bits per heavy atom. The third-order valence-corrected chi connectivity index (χ3v) is 7.63.